The molecule has 0 saturated carbocycles. The molecular formula is C18H22N8OS. The van der Waals surface area contributed by atoms with Crippen molar-refractivity contribution in [2.45, 2.75) is 33.6 Å². The minimum absolute atomic E-state index is 0.0155. The molecule has 4 heterocycles. The lowest BCUT2D eigenvalue weighted by Gasteiger charge is -2.31. The van der Waals surface area contributed by atoms with E-state index >= 15 is 0 Å². The van der Waals surface area contributed by atoms with Crippen molar-refractivity contribution in [3.8, 4) is 5.82 Å². The predicted octanol–water partition coefficient (Wildman–Crippen LogP) is 2.29. The van der Waals surface area contributed by atoms with Crippen molar-refractivity contribution in [2.75, 3.05) is 23.3 Å². The molecule has 1 N–H and O–H groups in total. The van der Waals surface area contributed by atoms with Crippen molar-refractivity contribution in [3.63, 3.8) is 0 Å². The molecule has 10 heteroatoms. The number of aromatic nitrogens is 6. The SMILES string of the molecule is Cc1cc(C)n(-c2ccc(N3CCC(C(=O)Nc4nnc(C)s4)CC3)nn2)n1. The van der Waals surface area contributed by atoms with E-state index in [1.165, 1.54) is 11.3 Å². The highest BCUT2D eigenvalue weighted by molar-refractivity contribution is 7.15. The van der Waals surface area contributed by atoms with E-state index in [4.69, 9.17) is 0 Å². The third-order valence-electron chi connectivity index (χ3n) is 4.81. The summed E-state index contributed by atoms with van der Waals surface area (Å²) in [5.74, 6) is 1.52. The van der Waals surface area contributed by atoms with Crippen molar-refractivity contribution in [2.24, 2.45) is 5.92 Å². The average Bonchev–Trinajstić information content (AvgIpc) is 3.26. The number of nitrogens with one attached hydrogen (secondary N) is 1. The number of piperidine rings is 1. The van der Waals surface area contributed by atoms with Crippen molar-refractivity contribution in [1.29, 1.82) is 0 Å². The van der Waals surface area contributed by atoms with Gasteiger partial charge in [0.2, 0.25) is 11.0 Å². The Hall–Kier alpha value is -2.88. The summed E-state index contributed by atoms with van der Waals surface area (Å²) in [5.41, 5.74) is 1.98. The minimum atomic E-state index is -0.0256. The Bertz CT molecular complexity index is 972. The molecule has 1 saturated heterocycles. The molecule has 0 atom stereocenters. The topological polar surface area (TPSA) is 102 Å². The molecule has 3 aromatic heterocycles. The van der Waals surface area contributed by atoms with E-state index in [0.717, 1.165) is 48.1 Å². The quantitative estimate of drug-likeness (QED) is 0.719. The summed E-state index contributed by atoms with van der Waals surface area (Å²) in [4.78, 5) is 14.6. The van der Waals surface area contributed by atoms with Gasteiger partial charge in [0.05, 0.1) is 5.69 Å². The zero-order chi connectivity index (χ0) is 19.7. The monoisotopic (exact) mass is 398 g/mol. The van der Waals surface area contributed by atoms with Gasteiger partial charge in [-0.15, -0.1) is 20.4 Å². The van der Waals surface area contributed by atoms with Crippen LogP contribution in [0.25, 0.3) is 5.82 Å². The molecule has 1 aliphatic rings. The molecule has 1 aliphatic heterocycles. The number of rotatable bonds is 4. The number of carbonyl (C=O) groups excluding carboxylic acids is 1. The maximum atomic E-state index is 12.4. The molecule has 0 unspecified atom stereocenters. The van der Waals surface area contributed by atoms with Crippen LogP contribution in [0, 0.1) is 26.7 Å². The Kier molecular flexibility index (Phi) is 5.03. The molecule has 0 aliphatic carbocycles. The van der Waals surface area contributed by atoms with Crippen molar-refractivity contribution < 1.29 is 4.79 Å². The molecule has 0 aromatic carbocycles. The van der Waals surface area contributed by atoms with Crippen LogP contribution < -0.4 is 10.2 Å². The molecule has 4 rings (SSSR count). The first-order valence-corrected chi connectivity index (χ1v) is 10.0. The Morgan fingerprint density at radius 3 is 2.36 bits per heavy atom. The van der Waals surface area contributed by atoms with Crippen LogP contribution in [-0.4, -0.2) is 49.2 Å². The van der Waals surface area contributed by atoms with Crippen LogP contribution in [-0.2, 0) is 4.79 Å². The van der Waals surface area contributed by atoms with E-state index in [9.17, 15) is 4.79 Å². The van der Waals surface area contributed by atoms with Crippen LogP contribution in [0.4, 0.5) is 10.9 Å². The Morgan fingerprint density at radius 2 is 1.79 bits per heavy atom. The van der Waals surface area contributed by atoms with Gasteiger partial charge in [0.25, 0.3) is 0 Å². The summed E-state index contributed by atoms with van der Waals surface area (Å²) in [6.45, 7) is 7.35. The van der Waals surface area contributed by atoms with Crippen molar-refractivity contribution >= 4 is 28.2 Å². The standard InChI is InChI=1S/C18H22N8OS/c1-11-10-12(2)26(24-11)16-5-4-15(21-22-16)25-8-6-14(7-9-25)17(27)19-18-23-20-13(3)28-18/h4-5,10,14H,6-9H2,1-3H3,(H,19,23,27). The number of nitrogens with zero attached hydrogens (tertiary/aromatic N) is 7. The zero-order valence-corrected chi connectivity index (χ0v) is 16.9. The van der Waals surface area contributed by atoms with Gasteiger partial charge in [0.15, 0.2) is 11.6 Å². The highest BCUT2D eigenvalue weighted by Crippen LogP contribution is 2.24. The molecule has 28 heavy (non-hydrogen) atoms. The number of carbonyl (C=O) groups is 1. The predicted molar refractivity (Wildman–Crippen MR) is 107 cm³/mol. The largest absolute Gasteiger partial charge is 0.355 e. The van der Waals surface area contributed by atoms with E-state index in [2.05, 4.69) is 35.7 Å². The Morgan fingerprint density at radius 1 is 1.07 bits per heavy atom. The van der Waals surface area contributed by atoms with Crippen LogP contribution >= 0.6 is 11.3 Å². The third-order valence-corrected chi connectivity index (χ3v) is 5.56. The van der Waals surface area contributed by atoms with E-state index in [1.54, 1.807) is 4.68 Å². The first-order valence-electron chi connectivity index (χ1n) is 9.23. The lowest BCUT2D eigenvalue weighted by atomic mass is 9.96. The van der Waals surface area contributed by atoms with Crippen LogP contribution in [0.1, 0.15) is 29.2 Å². The van der Waals surface area contributed by atoms with Crippen LogP contribution in [0.3, 0.4) is 0 Å². The molecule has 146 valence electrons. The Labute approximate surface area is 166 Å². The summed E-state index contributed by atoms with van der Waals surface area (Å²) in [6.07, 6.45) is 1.54. The fourth-order valence-electron chi connectivity index (χ4n) is 3.39. The molecule has 0 spiro atoms. The van der Waals surface area contributed by atoms with Gasteiger partial charge in [-0.05, 0) is 51.8 Å². The number of anilines is 2. The zero-order valence-electron chi connectivity index (χ0n) is 16.1. The first-order chi connectivity index (χ1) is 13.5. The molecule has 0 bridgehead atoms. The van der Waals surface area contributed by atoms with Gasteiger partial charge in [0, 0.05) is 24.7 Å². The lowest BCUT2D eigenvalue weighted by molar-refractivity contribution is -0.120. The van der Waals surface area contributed by atoms with Gasteiger partial charge >= 0.3 is 0 Å². The first kappa shape index (κ1) is 18.5. The van der Waals surface area contributed by atoms with Gasteiger partial charge in [0.1, 0.15) is 5.01 Å². The lowest BCUT2D eigenvalue weighted by Crippen LogP contribution is -2.38. The Balaban J connectivity index is 1.36. The van der Waals surface area contributed by atoms with Crippen LogP contribution in [0.15, 0.2) is 18.2 Å². The average molecular weight is 398 g/mol. The van der Waals surface area contributed by atoms with E-state index in [-0.39, 0.29) is 11.8 Å². The van der Waals surface area contributed by atoms with Crippen LogP contribution in [0.5, 0.6) is 0 Å². The summed E-state index contributed by atoms with van der Waals surface area (Å²) < 4.78 is 1.79. The van der Waals surface area contributed by atoms with E-state index in [1.807, 2.05) is 39.0 Å². The maximum absolute atomic E-state index is 12.4. The van der Waals surface area contributed by atoms with Gasteiger partial charge in [-0.3, -0.25) is 4.79 Å². The minimum Gasteiger partial charge on any atom is -0.355 e. The molecule has 9 nitrogen and oxygen atoms in total. The molecular weight excluding hydrogens is 376 g/mol. The van der Waals surface area contributed by atoms with Crippen molar-refractivity contribution in [3.05, 3.63) is 34.6 Å². The van der Waals surface area contributed by atoms with Crippen LogP contribution in [0.2, 0.25) is 0 Å². The van der Waals surface area contributed by atoms with E-state index < -0.39 is 0 Å². The van der Waals surface area contributed by atoms with Gasteiger partial charge in [-0.1, -0.05) is 11.3 Å². The second kappa shape index (κ2) is 7.63. The summed E-state index contributed by atoms with van der Waals surface area (Å²) in [5, 5.41) is 25.3. The molecule has 1 fully saturated rings. The second-order valence-electron chi connectivity index (χ2n) is 6.97. The smallest absolute Gasteiger partial charge is 0.229 e. The normalized spacial score (nSPS) is 15.0. The highest BCUT2D eigenvalue weighted by Gasteiger charge is 2.26. The number of amides is 1. The number of aryl methyl sites for hydroxylation is 3. The molecule has 3 aromatic rings. The fourth-order valence-corrected chi connectivity index (χ4v) is 3.98. The van der Waals surface area contributed by atoms with Crippen molar-refractivity contribution in [1.82, 2.24) is 30.2 Å². The summed E-state index contributed by atoms with van der Waals surface area (Å²) in [6, 6.07) is 5.90. The fraction of sp³-hybridized carbons (Fsp3) is 0.444. The molecule has 1 amide bonds. The van der Waals surface area contributed by atoms with Gasteiger partial charge in [-0.2, -0.15) is 5.10 Å². The summed E-state index contributed by atoms with van der Waals surface area (Å²) >= 11 is 1.39. The van der Waals surface area contributed by atoms with E-state index in [0.29, 0.717) is 10.9 Å². The van der Waals surface area contributed by atoms with Gasteiger partial charge in [-0.25, -0.2) is 4.68 Å². The number of hydrogen-bond acceptors (Lipinski definition) is 8. The number of hydrogen-bond donors (Lipinski definition) is 1. The summed E-state index contributed by atoms with van der Waals surface area (Å²) in [7, 11) is 0. The maximum Gasteiger partial charge on any atom is 0.229 e. The molecule has 0 radical (unpaired) electrons. The highest BCUT2D eigenvalue weighted by atomic mass is 32.1. The van der Waals surface area contributed by atoms with Gasteiger partial charge < -0.3 is 10.2 Å². The third kappa shape index (κ3) is 3.86. The second-order valence-corrected chi connectivity index (χ2v) is 8.15.